The number of nitro benzene ring substituents is 1. The van der Waals surface area contributed by atoms with E-state index in [1.165, 1.54) is 6.07 Å². The Bertz CT molecular complexity index is 766. The zero-order chi connectivity index (χ0) is 18.0. The van der Waals surface area contributed by atoms with Gasteiger partial charge in [-0.15, -0.1) is 0 Å². The summed E-state index contributed by atoms with van der Waals surface area (Å²) in [5.41, 5.74) is 1.17. The lowest BCUT2D eigenvalue weighted by atomic mass is 10.1. The number of hydrogen-bond acceptors (Lipinski definition) is 6. The Kier molecular flexibility index (Phi) is 5.19. The molecule has 1 saturated heterocycles. The lowest BCUT2D eigenvalue weighted by Gasteiger charge is -2.37. The second-order valence-corrected chi connectivity index (χ2v) is 7.05. The van der Waals surface area contributed by atoms with E-state index in [9.17, 15) is 10.1 Å². The molecule has 25 heavy (non-hydrogen) atoms. The number of ether oxygens (including phenoxy) is 1. The van der Waals surface area contributed by atoms with Crippen LogP contribution < -0.4 is 10.1 Å². The van der Waals surface area contributed by atoms with Crippen LogP contribution in [0.2, 0.25) is 0 Å². The van der Waals surface area contributed by atoms with Crippen LogP contribution in [0, 0.1) is 10.1 Å². The van der Waals surface area contributed by atoms with Gasteiger partial charge in [-0.3, -0.25) is 15.1 Å². The SMILES string of the molecule is C[C@@H](Oc1cc(Br)cc([N+](=O)[O-])c1NC1CN(C)C1)c1ccccn1. The van der Waals surface area contributed by atoms with Gasteiger partial charge in [-0.1, -0.05) is 22.0 Å². The number of rotatable bonds is 6. The van der Waals surface area contributed by atoms with Gasteiger partial charge >= 0.3 is 0 Å². The summed E-state index contributed by atoms with van der Waals surface area (Å²) in [6.45, 7) is 3.54. The fourth-order valence-electron chi connectivity index (χ4n) is 2.81. The molecule has 0 aliphatic carbocycles. The zero-order valence-corrected chi connectivity index (χ0v) is 15.6. The largest absolute Gasteiger partial charge is 0.482 e. The quantitative estimate of drug-likeness (QED) is 0.582. The molecule has 0 bridgehead atoms. The van der Waals surface area contributed by atoms with E-state index in [-0.39, 0.29) is 17.8 Å². The number of anilines is 1. The summed E-state index contributed by atoms with van der Waals surface area (Å²) in [5.74, 6) is 0.439. The maximum atomic E-state index is 11.5. The number of nitro groups is 1. The first-order chi connectivity index (χ1) is 11.9. The standard InChI is InChI=1S/C17H19BrN4O3/c1-11(14-5-3-4-6-19-14)25-16-8-12(18)7-15(22(23)24)17(16)20-13-9-21(2)10-13/h3-8,11,13,20H,9-10H2,1-2H3/t11-/m1/s1. The van der Waals surface area contributed by atoms with Gasteiger partial charge in [0.25, 0.3) is 5.69 Å². The Labute approximate surface area is 154 Å². The van der Waals surface area contributed by atoms with Crippen molar-refractivity contribution in [2.24, 2.45) is 0 Å². The monoisotopic (exact) mass is 406 g/mol. The first-order valence-corrected chi connectivity index (χ1v) is 8.74. The molecular weight excluding hydrogens is 388 g/mol. The van der Waals surface area contributed by atoms with Crippen LogP contribution >= 0.6 is 15.9 Å². The molecule has 2 heterocycles. The van der Waals surface area contributed by atoms with E-state index in [1.807, 2.05) is 32.2 Å². The number of likely N-dealkylation sites (N-methyl/N-ethyl adjacent to an activating group) is 1. The molecule has 1 aliphatic rings. The van der Waals surface area contributed by atoms with Crippen molar-refractivity contribution < 1.29 is 9.66 Å². The lowest BCUT2D eigenvalue weighted by molar-refractivity contribution is -0.384. The summed E-state index contributed by atoms with van der Waals surface area (Å²) in [4.78, 5) is 17.5. The summed E-state index contributed by atoms with van der Waals surface area (Å²) < 4.78 is 6.62. The molecule has 7 nitrogen and oxygen atoms in total. The third-order valence-electron chi connectivity index (χ3n) is 4.06. The average molecular weight is 407 g/mol. The van der Waals surface area contributed by atoms with Crippen molar-refractivity contribution in [3.63, 3.8) is 0 Å². The second-order valence-electron chi connectivity index (χ2n) is 6.13. The van der Waals surface area contributed by atoms with E-state index in [4.69, 9.17) is 4.74 Å². The number of aromatic nitrogens is 1. The number of pyridine rings is 1. The summed E-state index contributed by atoms with van der Waals surface area (Å²) in [6, 6.07) is 8.98. The molecule has 1 fully saturated rings. The van der Waals surface area contributed by atoms with E-state index in [0.29, 0.717) is 15.9 Å². The first-order valence-electron chi connectivity index (χ1n) is 7.94. The van der Waals surface area contributed by atoms with Gasteiger partial charge in [-0.05, 0) is 32.2 Å². The van der Waals surface area contributed by atoms with Crippen LogP contribution in [0.15, 0.2) is 41.0 Å². The number of nitrogens with one attached hydrogen (secondary N) is 1. The van der Waals surface area contributed by atoms with Gasteiger partial charge in [0.2, 0.25) is 0 Å². The molecule has 8 heteroatoms. The molecule has 1 atom stereocenters. The van der Waals surface area contributed by atoms with Crippen molar-refractivity contribution in [2.45, 2.75) is 19.1 Å². The molecule has 1 aromatic heterocycles. The highest BCUT2D eigenvalue weighted by Gasteiger charge is 2.29. The smallest absolute Gasteiger partial charge is 0.297 e. The normalized spacial score (nSPS) is 16.1. The van der Waals surface area contributed by atoms with Crippen LogP contribution in [-0.2, 0) is 0 Å². The van der Waals surface area contributed by atoms with Crippen molar-refractivity contribution in [2.75, 3.05) is 25.5 Å². The molecule has 1 aromatic carbocycles. The number of nitrogens with zero attached hydrogens (tertiary/aromatic N) is 3. The van der Waals surface area contributed by atoms with Crippen LogP contribution in [0.3, 0.4) is 0 Å². The highest BCUT2D eigenvalue weighted by atomic mass is 79.9. The molecule has 0 unspecified atom stereocenters. The van der Waals surface area contributed by atoms with E-state index < -0.39 is 4.92 Å². The highest BCUT2D eigenvalue weighted by molar-refractivity contribution is 9.10. The predicted octanol–water partition coefficient (Wildman–Crippen LogP) is 3.62. The van der Waals surface area contributed by atoms with E-state index >= 15 is 0 Å². The Morgan fingerprint density at radius 2 is 2.20 bits per heavy atom. The van der Waals surface area contributed by atoms with Gasteiger partial charge in [0, 0.05) is 29.8 Å². The number of hydrogen-bond donors (Lipinski definition) is 1. The first kappa shape index (κ1) is 17.6. The van der Waals surface area contributed by atoms with Gasteiger partial charge in [-0.2, -0.15) is 0 Å². The highest BCUT2D eigenvalue weighted by Crippen LogP contribution is 2.40. The number of likely N-dealkylation sites (tertiary alicyclic amines) is 1. The number of benzene rings is 1. The number of halogens is 1. The predicted molar refractivity (Wildman–Crippen MR) is 99.0 cm³/mol. The Morgan fingerprint density at radius 1 is 1.44 bits per heavy atom. The van der Waals surface area contributed by atoms with Gasteiger partial charge < -0.3 is 15.0 Å². The van der Waals surface area contributed by atoms with Crippen LogP contribution in [0.1, 0.15) is 18.7 Å². The minimum atomic E-state index is -0.395. The molecule has 0 amide bonds. The zero-order valence-electron chi connectivity index (χ0n) is 14.0. The second kappa shape index (κ2) is 7.37. The maximum absolute atomic E-state index is 11.5. The summed E-state index contributed by atoms with van der Waals surface area (Å²) in [5, 5.41) is 14.8. The lowest BCUT2D eigenvalue weighted by Crippen LogP contribution is -2.52. The summed E-state index contributed by atoms with van der Waals surface area (Å²) in [6.07, 6.45) is 1.36. The molecule has 2 aromatic rings. The van der Waals surface area contributed by atoms with E-state index in [0.717, 1.165) is 18.8 Å². The average Bonchev–Trinajstić information content (AvgIpc) is 2.55. The van der Waals surface area contributed by atoms with Crippen LogP contribution in [0.25, 0.3) is 0 Å². The third-order valence-corrected chi connectivity index (χ3v) is 4.52. The Hall–Kier alpha value is -2.19. The summed E-state index contributed by atoms with van der Waals surface area (Å²) >= 11 is 3.33. The van der Waals surface area contributed by atoms with Crippen molar-refractivity contribution in [1.82, 2.24) is 9.88 Å². The van der Waals surface area contributed by atoms with Crippen molar-refractivity contribution in [3.8, 4) is 5.75 Å². The van der Waals surface area contributed by atoms with Gasteiger partial charge in [0.15, 0.2) is 11.4 Å². The Morgan fingerprint density at radius 3 is 2.80 bits per heavy atom. The van der Waals surface area contributed by atoms with Crippen molar-refractivity contribution in [3.05, 3.63) is 56.8 Å². The molecule has 0 radical (unpaired) electrons. The molecular formula is C17H19BrN4O3. The van der Waals surface area contributed by atoms with Crippen LogP contribution in [0.4, 0.5) is 11.4 Å². The van der Waals surface area contributed by atoms with Crippen LogP contribution in [-0.4, -0.2) is 41.0 Å². The maximum Gasteiger partial charge on any atom is 0.297 e. The topological polar surface area (TPSA) is 80.5 Å². The minimum absolute atomic E-state index is 0.00727. The molecule has 3 rings (SSSR count). The van der Waals surface area contributed by atoms with Gasteiger partial charge in [0.05, 0.1) is 16.7 Å². The summed E-state index contributed by atoms with van der Waals surface area (Å²) in [7, 11) is 2.01. The molecule has 0 saturated carbocycles. The van der Waals surface area contributed by atoms with Gasteiger partial charge in [0.1, 0.15) is 6.10 Å². The fourth-order valence-corrected chi connectivity index (χ4v) is 3.24. The molecule has 132 valence electrons. The molecule has 0 spiro atoms. The fraction of sp³-hybridized carbons (Fsp3) is 0.353. The van der Waals surface area contributed by atoms with Crippen molar-refractivity contribution in [1.29, 1.82) is 0 Å². The van der Waals surface area contributed by atoms with E-state index in [2.05, 4.69) is 31.1 Å². The Balaban J connectivity index is 1.91. The minimum Gasteiger partial charge on any atom is -0.482 e. The van der Waals surface area contributed by atoms with Gasteiger partial charge in [-0.25, -0.2) is 0 Å². The third kappa shape index (κ3) is 4.08. The molecule has 1 aliphatic heterocycles. The van der Waals surface area contributed by atoms with Crippen LogP contribution in [0.5, 0.6) is 5.75 Å². The van der Waals surface area contributed by atoms with Crippen molar-refractivity contribution >= 4 is 27.3 Å². The van der Waals surface area contributed by atoms with E-state index in [1.54, 1.807) is 12.3 Å². The molecule has 1 N–H and O–H groups in total.